The Kier molecular flexibility index (Phi) is 15.5. The van der Waals surface area contributed by atoms with Crippen LogP contribution in [0.15, 0.2) is 41.3 Å². The Morgan fingerprint density at radius 3 is 1.94 bits per heavy atom. The fraction of sp³-hybridized carbons (Fsp3) is 0.562. The van der Waals surface area contributed by atoms with Gasteiger partial charge in [-0.25, -0.2) is 34.9 Å². The molecule has 0 spiro atoms. The van der Waals surface area contributed by atoms with Gasteiger partial charge in [0.2, 0.25) is 20.0 Å². The van der Waals surface area contributed by atoms with E-state index in [1.807, 2.05) is 13.8 Å². The standard InChI is InChI=1S/C32H49F2N5O7S2/c1-8-11-38(12-9-2)32(42)25-16-24(17-28(18-25)48(45,46)37(6)7)31(41)35-29(15-23-13-26(33)19-27(34)14-23)30(40)20-39(10-3)36-47(43,44)21-22(4)5/h13-14,16-19,22,29-30,36,40H,8-12,15,20-21H2,1-7H3,(H,35,41). The van der Waals surface area contributed by atoms with E-state index in [9.17, 15) is 40.3 Å². The van der Waals surface area contributed by atoms with E-state index in [0.717, 1.165) is 22.5 Å². The van der Waals surface area contributed by atoms with Gasteiger partial charge in [-0.3, -0.25) is 9.59 Å². The molecule has 0 aliphatic heterocycles. The number of likely N-dealkylation sites (N-methyl/N-ethyl adjacent to an activating group) is 1. The number of amides is 2. The maximum atomic E-state index is 14.1. The number of carbonyl (C=O) groups is 2. The molecule has 0 aliphatic carbocycles. The molecule has 2 atom stereocenters. The number of hydrogen-bond donors (Lipinski definition) is 3. The van der Waals surface area contributed by atoms with Crippen molar-refractivity contribution in [2.45, 2.75) is 70.9 Å². The quantitative estimate of drug-likeness (QED) is 0.188. The van der Waals surface area contributed by atoms with Gasteiger partial charge in [-0.05, 0) is 61.1 Å². The van der Waals surface area contributed by atoms with Gasteiger partial charge in [0.25, 0.3) is 11.8 Å². The molecule has 16 heteroatoms. The maximum Gasteiger partial charge on any atom is 0.253 e. The zero-order valence-corrected chi connectivity index (χ0v) is 30.3. The largest absolute Gasteiger partial charge is 0.390 e. The van der Waals surface area contributed by atoms with Gasteiger partial charge in [0.15, 0.2) is 0 Å². The Labute approximate surface area is 283 Å². The molecule has 270 valence electrons. The predicted molar refractivity (Wildman–Crippen MR) is 180 cm³/mol. The minimum absolute atomic E-state index is 0.0361. The number of nitrogens with one attached hydrogen (secondary N) is 2. The molecule has 0 aromatic heterocycles. The first-order valence-electron chi connectivity index (χ1n) is 15.9. The predicted octanol–water partition coefficient (Wildman–Crippen LogP) is 2.99. The van der Waals surface area contributed by atoms with Crippen LogP contribution >= 0.6 is 0 Å². The first-order valence-corrected chi connectivity index (χ1v) is 19.0. The van der Waals surface area contributed by atoms with Gasteiger partial charge in [0.05, 0.1) is 22.8 Å². The average Bonchev–Trinajstić information content (AvgIpc) is 2.98. The summed E-state index contributed by atoms with van der Waals surface area (Å²) in [6.07, 6.45) is -0.462. The fourth-order valence-corrected chi connectivity index (χ4v) is 7.55. The Hall–Kier alpha value is -3.02. The highest BCUT2D eigenvalue weighted by Crippen LogP contribution is 2.21. The van der Waals surface area contributed by atoms with Crippen molar-refractivity contribution in [1.29, 1.82) is 0 Å². The van der Waals surface area contributed by atoms with Gasteiger partial charge in [-0.15, -0.1) is 4.83 Å². The molecule has 2 unspecified atom stereocenters. The Bertz CT molecular complexity index is 1600. The molecule has 0 fully saturated rings. The minimum atomic E-state index is -4.11. The number of carbonyl (C=O) groups excluding carboxylic acids is 2. The van der Waals surface area contributed by atoms with Crippen LogP contribution in [0.5, 0.6) is 0 Å². The molecular formula is C32H49F2N5O7S2. The van der Waals surface area contributed by atoms with E-state index in [4.69, 9.17) is 0 Å². The van der Waals surface area contributed by atoms with Crippen LogP contribution in [0.3, 0.4) is 0 Å². The number of sulfonamides is 2. The van der Waals surface area contributed by atoms with Crippen LogP contribution in [0.4, 0.5) is 8.78 Å². The van der Waals surface area contributed by atoms with E-state index in [2.05, 4.69) is 10.1 Å². The lowest BCUT2D eigenvalue weighted by atomic mass is 9.99. The van der Waals surface area contributed by atoms with Gasteiger partial charge in [0, 0.05) is 57.5 Å². The number of hydrogen-bond acceptors (Lipinski definition) is 8. The van der Waals surface area contributed by atoms with Gasteiger partial charge in [0.1, 0.15) is 11.6 Å². The number of aliphatic hydroxyl groups excluding tert-OH is 1. The summed E-state index contributed by atoms with van der Waals surface area (Å²) in [5, 5.41) is 15.2. The Balaban J connectivity index is 2.58. The van der Waals surface area contributed by atoms with Crippen LogP contribution in [-0.2, 0) is 26.5 Å². The van der Waals surface area contributed by atoms with E-state index >= 15 is 0 Å². The third-order valence-corrected chi connectivity index (χ3v) is 10.7. The van der Waals surface area contributed by atoms with Gasteiger partial charge < -0.3 is 15.3 Å². The van der Waals surface area contributed by atoms with Crippen molar-refractivity contribution < 1.29 is 40.3 Å². The molecule has 0 bridgehead atoms. The lowest BCUT2D eigenvalue weighted by molar-refractivity contribution is 0.0634. The molecule has 2 rings (SSSR count). The van der Waals surface area contributed by atoms with E-state index in [-0.39, 0.29) is 52.8 Å². The van der Waals surface area contributed by atoms with Crippen LogP contribution in [0, 0.1) is 17.6 Å². The number of rotatable bonds is 19. The lowest BCUT2D eigenvalue weighted by Crippen LogP contribution is -2.53. The first-order chi connectivity index (χ1) is 22.3. The summed E-state index contributed by atoms with van der Waals surface area (Å²) in [5.41, 5.74) is -0.150. The van der Waals surface area contributed by atoms with E-state index in [1.165, 1.54) is 31.2 Å². The number of hydrazine groups is 1. The van der Waals surface area contributed by atoms with E-state index in [1.54, 1.807) is 25.7 Å². The summed E-state index contributed by atoms with van der Waals surface area (Å²) < 4.78 is 80.7. The number of nitrogens with zero attached hydrogens (tertiary/aromatic N) is 3. The van der Waals surface area contributed by atoms with Gasteiger partial charge >= 0.3 is 0 Å². The molecule has 0 aliphatic rings. The molecule has 0 saturated heterocycles. The molecule has 2 aromatic rings. The van der Waals surface area contributed by atoms with Crippen molar-refractivity contribution in [2.24, 2.45) is 5.92 Å². The molecule has 2 amide bonds. The van der Waals surface area contributed by atoms with Crippen LogP contribution < -0.4 is 10.1 Å². The van der Waals surface area contributed by atoms with Crippen LogP contribution in [0.2, 0.25) is 0 Å². The molecule has 0 heterocycles. The topological polar surface area (TPSA) is 156 Å². The smallest absolute Gasteiger partial charge is 0.253 e. The molecular weight excluding hydrogens is 669 g/mol. The van der Waals surface area contributed by atoms with Gasteiger partial charge in [-0.2, -0.15) is 0 Å². The van der Waals surface area contributed by atoms with E-state index < -0.39 is 55.6 Å². The summed E-state index contributed by atoms with van der Waals surface area (Å²) in [6.45, 7) is 9.53. The second-order valence-corrected chi connectivity index (χ2v) is 16.2. The zero-order valence-electron chi connectivity index (χ0n) is 28.7. The maximum absolute atomic E-state index is 14.1. The average molecular weight is 718 g/mol. The summed E-state index contributed by atoms with van der Waals surface area (Å²) >= 11 is 0. The Morgan fingerprint density at radius 2 is 1.44 bits per heavy atom. The van der Waals surface area contributed by atoms with Crippen molar-refractivity contribution >= 4 is 31.9 Å². The minimum Gasteiger partial charge on any atom is -0.390 e. The first kappa shape index (κ1) is 41.2. The second kappa shape index (κ2) is 18.1. The van der Waals surface area contributed by atoms with Crippen LogP contribution in [0.1, 0.15) is 73.7 Å². The Morgan fingerprint density at radius 1 is 0.875 bits per heavy atom. The summed E-state index contributed by atoms with van der Waals surface area (Å²) in [6, 6.07) is 5.07. The molecule has 3 N–H and O–H groups in total. The van der Waals surface area contributed by atoms with E-state index in [0.29, 0.717) is 32.0 Å². The highest BCUT2D eigenvalue weighted by molar-refractivity contribution is 7.89. The van der Waals surface area contributed by atoms with Crippen molar-refractivity contribution in [1.82, 2.24) is 24.4 Å². The van der Waals surface area contributed by atoms with Crippen LogP contribution in [-0.4, -0.2) is 106 Å². The van der Waals surface area contributed by atoms with Crippen molar-refractivity contribution in [3.8, 4) is 0 Å². The van der Waals surface area contributed by atoms with Crippen molar-refractivity contribution in [2.75, 3.05) is 46.0 Å². The highest BCUT2D eigenvalue weighted by Gasteiger charge is 2.29. The summed E-state index contributed by atoms with van der Waals surface area (Å²) in [7, 11) is -5.26. The van der Waals surface area contributed by atoms with Crippen LogP contribution in [0.25, 0.3) is 0 Å². The third kappa shape index (κ3) is 12.1. The molecule has 12 nitrogen and oxygen atoms in total. The number of benzene rings is 2. The monoisotopic (exact) mass is 717 g/mol. The summed E-state index contributed by atoms with van der Waals surface area (Å²) in [4.78, 5) is 31.0. The molecule has 2 aromatic carbocycles. The second-order valence-electron chi connectivity index (χ2n) is 12.3. The molecule has 0 radical (unpaired) electrons. The third-order valence-electron chi connectivity index (χ3n) is 7.24. The lowest BCUT2D eigenvalue weighted by Gasteiger charge is -2.30. The normalized spacial score (nSPS) is 13.6. The summed E-state index contributed by atoms with van der Waals surface area (Å²) in [5.74, 6) is -3.46. The molecule has 0 saturated carbocycles. The number of aliphatic hydroxyl groups is 1. The molecule has 48 heavy (non-hydrogen) atoms. The van der Waals surface area contributed by atoms with Crippen molar-refractivity contribution in [3.63, 3.8) is 0 Å². The van der Waals surface area contributed by atoms with Crippen molar-refractivity contribution in [3.05, 3.63) is 64.7 Å². The highest BCUT2D eigenvalue weighted by atomic mass is 32.2. The number of halogens is 2. The fourth-order valence-electron chi connectivity index (χ4n) is 5.03. The van der Waals surface area contributed by atoms with Gasteiger partial charge in [-0.1, -0.05) is 34.6 Å². The zero-order chi connectivity index (χ0) is 36.4. The SMILES string of the molecule is CCCN(CCC)C(=O)c1cc(C(=O)NC(Cc2cc(F)cc(F)c2)C(O)CN(CC)NS(=O)(=O)CC(C)C)cc(S(=O)(=O)N(C)C)c1.